The molecule has 0 unspecified atom stereocenters. The van der Waals surface area contributed by atoms with Crippen LogP contribution in [0.2, 0.25) is 0 Å². The van der Waals surface area contributed by atoms with Gasteiger partial charge >= 0.3 is 5.97 Å². The third-order valence-corrected chi connectivity index (χ3v) is 4.28. The lowest BCUT2D eigenvalue weighted by Crippen LogP contribution is -2.14. The van der Waals surface area contributed by atoms with Crippen LogP contribution in [0.5, 0.6) is 0 Å². The molecule has 0 aromatic carbocycles. The van der Waals surface area contributed by atoms with E-state index in [2.05, 4.69) is 26.0 Å². The van der Waals surface area contributed by atoms with E-state index in [9.17, 15) is 4.79 Å². The molecule has 0 bridgehead atoms. The van der Waals surface area contributed by atoms with Crippen molar-refractivity contribution in [1.82, 2.24) is 0 Å². The summed E-state index contributed by atoms with van der Waals surface area (Å²) in [5.41, 5.74) is 1.67. The Morgan fingerprint density at radius 1 is 1.44 bits per heavy atom. The molecule has 0 heterocycles. The molecule has 1 saturated carbocycles. The number of carbonyl (C=O) groups excluding carboxylic acids is 1. The van der Waals surface area contributed by atoms with Crippen LogP contribution in [0.25, 0.3) is 0 Å². The zero-order chi connectivity index (χ0) is 13.2. The van der Waals surface area contributed by atoms with Gasteiger partial charge in [-0.25, -0.2) is 0 Å². The van der Waals surface area contributed by atoms with Gasteiger partial charge in [0.25, 0.3) is 0 Å². The van der Waals surface area contributed by atoms with Crippen LogP contribution in [0.3, 0.4) is 0 Å². The number of carbonyl (C=O) groups is 1. The first-order chi connectivity index (χ1) is 8.58. The Hall–Kier alpha value is -1.05. The molecule has 1 fully saturated rings. The van der Waals surface area contributed by atoms with Gasteiger partial charge in [0, 0.05) is 13.3 Å². The van der Waals surface area contributed by atoms with Crippen molar-refractivity contribution in [1.29, 1.82) is 0 Å². The summed E-state index contributed by atoms with van der Waals surface area (Å²) in [6.07, 6.45) is 11.3. The molecule has 0 spiro atoms. The van der Waals surface area contributed by atoms with Crippen molar-refractivity contribution >= 4 is 5.97 Å². The van der Waals surface area contributed by atoms with Crippen LogP contribution in [0.15, 0.2) is 23.5 Å². The fourth-order valence-electron chi connectivity index (χ4n) is 3.09. The molecule has 0 N–H and O–H groups in total. The number of hydrogen-bond donors (Lipinski definition) is 0. The summed E-state index contributed by atoms with van der Waals surface area (Å²) < 4.78 is 5.44. The summed E-state index contributed by atoms with van der Waals surface area (Å²) in [5.74, 6) is 1.45. The van der Waals surface area contributed by atoms with E-state index < -0.39 is 0 Å². The van der Waals surface area contributed by atoms with E-state index in [1.165, 1.54) is 25.3 Å². The van der Waals surface area contributed by atoms with Crippen molar-refractivity contribution < 1.29 is 9.53 Å². The summed E-state index contributed by atoms with van der Waals surface area (Å²) >= 11 is 0. The third-order valence-electron chi connectivity index (χ3n) is 4.28. The highest BCUT2D eigenvalue weighted by molar-refractivity contribution is 5.67. The predicted molar refractivity (Wildman–Crippen MR) is 72.9 cm³/mol. The molecule has 0 aromatic heterocycles. The SMILES string of the molecule is CC/C=C/[C@@H]1C[C@]1(C)C1=C(OC(C)=O)CCCC1. The van der Waals surface area contributed by atoms with Crippen molar-refractivity contribution in [3.63, 3.8) is 0 Å². The minimum absolute atomic E-state index is 0.172. The maximum atomic E-state index is 11.2. The first-order valence-electron chi connectivity index (χ1n) is 7.15. The Morgan fingerprint density at radius 2 is 2.17 bits per heavy atom. The summed E-state index contributed by atoms with van der Waals surface area (Å²) in [6, 6.07) is 0. The van der Waals surface area contributed by atoms with Crippen molar-refractivity contribution in [2.75, 3.05) is 0 Å². The van der Waals surface area contributed by atoms with Gasteiger partial charge in [0.1, 0.15) is 5.76 Å². The fourth-order valence-corrected chi connectivity index (χ4v) is 3.09. The quantitative estimate of drug-likeness (QED) is 0.545. The molecule has 0 aliphatic heterocycles. The molecule has 0 aromatic rings. The lowest BCUT2D eigenvalue weighted by molar-refractivity contribution is -0.137. The number of ether oxygens (including phenoxy) is 1. The minimum Gasteiger partial charge on any atom is -0.431 e. The summed E-state index contributed by atoms with van der Waals surface area (Å²) in [4.78, 5) is 11.2. The summed E-state index contributed by atoms with van der Waals surface area (Å²) in [5, 5.41) is 0. The normalized spacial score (nSPS) is 31.8. The second-order valence-electron chi connectivity index (χ2n) is 5.77. The number of esters is 1. The Morgan fingerprint density at radius 3 is 2.83 bits per heavy atom. The van der Waals surface area contributed by atoms with Crippen molar-refractivity contribution in [3.05, 3.63) is 23.5 Å². The van der Waals surface area contributed by atoms with Crippen LogP contribution in [0, 0.1) is 11.3 Å². The maximum Gasteiger partial charge on any atom is 0.307 e. The van der Waals surface area contributed by atoms with Crippen molar-refractivity contribution in [2.24, 2.45) is 11.3 Å². The first-order valence-corrected chi connectivity index (χ1v) is 7.15. The molecule has 0 amide bonds. The molecule has 18 heavy (non-hydrogen) atoms. The molecule has 2 aliphatic carbocycles. The Labute approximate surface area is 110 Å². The maximum absolute atomic E-state index is 11.2. The molecule has 100 valence electrons. The lowest BCUT2D eigenvalue weighted by Gasteiger charge is -2.24. The van der Waals surface area contributed by atoms with E-state index in [1.807, 2.05) is 0 Å². The van der Waals surface area contributed by atoms with Gasteiger partial charge in [0.2, 0.25) is 0 Å². The molecule has 2 atom stereocenters. The van der Waals surface area contributed by atoms with Crippen LogP contribution >= 0.6 is 0 Å². The largest absolute Gasteiger partial charge is 0.431 e. The van der Waals surface area contributed by atoms with Gasteiger partial charge in [0.15, 0.2) is 0 Å². The lowest BCUT2D eigenvalue weighted by atomic mass is 9.85. The van der Waals surface area contributed by atoms with Gasteiger partial charge in [-0.2, -0.15) is 0 Å². The van der Waals surface area contributed by atoms with Gasteiger partial charge < -0.3 is 4.74 Å². The van der Waals surface area contributed by atoms with E-state index in [0.717, 1.165) is 31.4 Å². The topological polar surface area (TPSA) is 26.3 Å². The van der Waals surface area contributed by atoms with Gasteiger partial charge in [-0.1, -0.05) is 26.0 Å². The van der Waals surface area contributed by atoms with Crippen molar-refractivity contribution in [3.8, 4) is 0 Å². The fraction of sp³-hybridized carbons (Fsp3) is 0.688. The first kappa shape index (κ1) is 13.4. The monoisotopic (exact) mass is 248 g/mol. The van der Waals surface area contributed by atoms with Gasteiger partial charge in [0.05, 0.1) is 0 Å². The highest BCUT2D eigenvalue weighted by Crippen LogP contribution is 2.61. The molecule has 0 radical (unpaired) electrons. The van der Waals surface area contributed by atoms with E-state index in [0.29, 0.717) is 5.92 Å². The van der Waals surface area contributed by atoms with Crippen LogP contribution in [-0.2, 0) is 9.53 Å². The van der Waals surface area contributed by atoms with Crippen LogP contribution < -0.4 is 0 Å². The van der Waals surface area contributed by atoms with E-state index in [-0.39, 0.29) is 11.4 Å². The van der Waals surface area contributed by atoms with Crippen LogP contribution in [0.1, 0.15) is 59.3 Å². The van der Waals surface area contributed by atoms with Gasteiger partial charge in [-0.3, -0.25) is 4.79 Å². The molecule has 0 saturated heterocycles. The molecular weight excluding hydrogens is 224 g/mol. The van der Waals surface area contributed by atoms with Crippen molar-refractivity contribution in [2.45, 2.75) is 59.3 Å². The van der Waals surface area contributed by atoms with E-state index in [1.54, 1.807) is 0 Å². The predicted octanol–water partition coefficient (Wildman–Crippen LogP) is 4.37. The minimum atomic E-state index is -0.172. The standard InChI is InChI=1S/C16H24O2/c1-4-5-8-13-11-16(13,3)14-9-6-7-10-15(14)18-12(2)17/h5,8,13H,4,6-7,9-11H2,1-3H3/b8-5+/t13-,16+/m1/s1. The number of rotatable bonds is 4. The highest BCUT2D eigenvalue weighted by Gasteiger charge is 2.52. The molecule has 2 aliphatic rings. The van der Waals surface area contributed by atoms with E-state index in [4.69, 9.17) is 4.74 Å². The smallest absolute Gasteiger partial charge is 0.307 e. The van der Waals surface area contributed by atoms with E-state index >= 15 is 0 Å². The Balaban J connectivity index is 2.16. The zero-order valence-corrected chi connectivity index (χ0v) is 11.8. The average molecular weight is 248 g/mol. The van der Waals surface area contributed by atoms with Gasteiger partial charge in [-0.05, 0) is 49.0 Å². The summed E-state index contributed by atoms with van der Waals surface area (Å²) in [6.45, 7) is 5.99. The average Bonchev–Trinajstić information content (AvgIpc) is 2.99. The number of hydrogen-bond acceptors (Lipinski definition) is 2. The molecule has 2 nitrogen and oxygen atoms in total. The highest BCUT2D eigenvalue weighted by atomic mass is 16.5. The summed E-state index contributed by atoms with van der Waals surface area (Å²) in [7, 11) is 0. The van der Waals surface area contributed by atoms with Crippen LogP contribution in [-0.4, -0.2) is 5.97 Å². The molecular formula is C16H24O2. The number of allylic oxidation sites excluding steroid dienone is 4. The second-order valence-corrected chi connectivity index (χ2v) is 5.77. The Kier molecular flexibility index (Phi) is 3.94. The molecule has 2 rings (SSSR count). The van der Waals surface area contributed by atoms with Crippen LogP contribution in [0.4, 0.5) is 0 Å². The third kappa shape index (κ3) is 2.68. The second kappa shape index (κ2) is 5.29. The Bertz CT molecular complexity index is 392. The zero-order valence-electron chi connectivity index (χ0n) is 11.8. The molecule has 2 heteroatoms. The van der Waals surface area contributed by atoms with Gasteiger partial charge in [-0.15, -0.1) is 0 Å².